The van der Waals surface area contributed by atoms with Crippen LogP contribution in [0, 0.1) is 13.8 Å². The summed E-state index contributed by atoms with van der Waals surface area (Å²) in [7, 11) is 0. The van der Waals surface area contributed by atoms with Gasteiger partial charge in [-0.15, -0.1) is 0 Å². The van der Waals surface area contributed by atoms with Crippen molar-refractivity contribution in [3.05, 3.63) is 143 Å². The van der Waals surface area contributed by atoms with Crippen LogP contribution in [0.25, 0.3) is 0 Å². The zero-order chi connectivity index (χ0) is 36.6. The lowest BCUT2D eigenvalue weighted by Crippen LogP contribution is -2.61. The monoisotopic (exact) mass is 703 g/mol. The Kier molecular flexibility index (Phi) is 12.4. The number of benzene rings is 4. The first-order chi connectivity index (χ1) is 24.4. The highest BCUT2D eigenvalue weighted by Gasteiger charge is 2.43. The Morgan fingerprint density at radius 2 is 1.37 bits per heavy atom. The van der Waals surface area contributed by atoms with Gasteiger partial charge in [-0.3, -0.25) is 4.79 Å². The van der Waals surface area contributed by atoms with E-state index in [-0.39, 0.29) is 11.9 Å². The van der Waals surface area contributed by atoms with Gasteiger partial charge in [0.25, 0.3) is 5.91 Å². The second-order valence-electron chi connectivity index (χ2n) is 14.7. The molecule has 2 atom stereocenters. The standard InChI is InChI=1S/C44H53N3O3S/c1-7-8-26-37-31-46(40(48)38-27-18-19-32(2)33(38)3)28-29-47(37)41(51)39(45-42(49)50-43(4,5)6)30-44(34-20-12-9-13-21-34,35-22-14-10-15-23-35)36-24-16-11-17-25-36/h9-25,27,37,39H,7-8,26,28-31H2,1-6H3,(H,45,49)/t37-,39?/m0/s1. The van der Waals surface area contributed by atoms with Gasteiger partial charge in [-0.25, -0.2) is 4.79 Å². The summed E-state index contributed by atoms with van der Waals surface area (Å²) in [6.45, 7) is 13.5. The Morgan fingerprint density at radius 1 is 0.824 bits per heavy atom. The molecule has 0 aliphatic carbocycles. The van der Waals surface area contributed by atoms with Crippen LogP contribution in [0.15, 0.2) is 109 Å². The molecule has 4 aromatic rings. The normalized spacial score (nSPS) is 15.6. The lowest BCUT2D eigenvalue weighted by Gasteiger charge is -2.46. The lowest BCUT2D eigenvalue weighted by molar-refractivity contribution is 0.0505. The summed E-state index contributed by atoms with van der Waals surface area (Å²) in [6, 6.07) is 36.8. The first-order valence-electron chi connectivity index (χ1n) is 18.3. The molecular weight excluding hydrogens is 651 g/mol. The smallest absolute Gasteiger partial charge is 0.408 e. The Labute approximate surface area is 310 Å². The van der Waals surface area contributed by atoms with Crippen LogP contribution >= 0.6 is 12.2 Å². The van der Waals surface area contributed by atoms with E-state index in [1.165, 1.54) is 0 Å². The van der Waals surface area contributed by atoms with Crippen molar-refractivity contribution in [1.82, 2.24) is 15.1 Å². The molecule has 268 valence electrons. The van der Waals surface area contributed by atoms with Crippen molar-refractivity contribution in [3.63, 3.8) is 0 Å². The van der Waals surface area contributed by atoms with Gasteiger partial charge < -0.3 is 19.9 Å². The van der Waals surface area contributed by atoms with E-state index >= 15 is 0 Å². The summed E-state index contributed by atoms with van der Waals surface area (Å²) in [5.41, 5.74) is 4.85. The first-order valence-corrected chi connectivity index (χ1v) is 18.7. The summed E-state index contributed by atoms with van der Waals surface area (Å²) in [4.78, 5) is 32.6. The van der Waals surface area contributed by atoms with E-state index in [2.05, 4.69) is 89.9 Å². The molecule has 1 aliphatic heterocycles. The fraction of sp³-hybridized carbons (Fsp3) is 0.386. The lowest BCUT2D eigenvalue weighted by atomic mass is 9.66. The van der Waals surface area contributed by atoms with Gasteiger partial charge in [0.15, 0.2) is 0 Å². The number of rotatable bonds is 11. The third-order valence-electron chi connectivity index (χ3n) is 10.1. The number of piperazine rings is 1. The predicted octanol–water partition coefficient (Wildman–Crippen LogP) is 9.27. The number of nitrogens with one attached hydrogen (secondary N) is 1. The van der Waals surface area contributed by atoms with Crippen molar-refractivity contribution in [1.29, 1.82) is 0 Å². The Hall–Kier alpha value is -4.49. The molecular formula is C44H53N3O3S. The minimum Gasteiger partial charge on any atom is -0.444 e. The van der Waals surface area contributed by atoms with Crippen LogP contribution in [-0.2, 0) is 10.2 Å². The fourth-order valence-corrected chi connectivity index (χ4v) is 7.73. The summed E-state index contributed by atoms with van der Waals surface area (Å²) in [5, 5.41) is 3.26. The number of carbonyl (C=O) groups excluding carboxylic acids is 2. The highest BCUT2D eigenvalue weighted by atomic mass is 32.1. The number of ether oxygens (including phenoxy) is 1. The van der Waals surface area contributed by atoms with Gasteiger partial charge in [0.05, 0.1) is 6.04 Å². The first kappa shape index (κ1) is 37.8. The molecule has 7 heteroatoms. The fourth-order valence-electron chi connectivity index (χ4n) is 7.35. The minimum absolute atomic E-state index is 0.00257. The average molecular weight is 704 g/mol. The van der Waals surface area contributed by atoms with Crippen LogP contribution < -0.4 is 5.32 Å². The molecule has 0 bridgehead atoms. The number of amides is 2. The minimum atomic E-state index is -0.685. The molecule has 1 saturated heterocycles. The molecule has 1 aliphatic rings. The highest BCUT2D eigenvalue weighted by molar-refractivity contribution is 7.80. The summed E-state index contributed by atoms with van der Waals surface area (Å²) in [6.07, 6.45) is 2.87. The van der Waals surface area contributed by atoms with Crippen molar-refractivity contribution in [2.24, 2.45) is 0 Å². The van der Waals surface area contributed by atoms with Gasteiger partial charge in [-0.1, -0.05) is 135 Å². The molecule has 1 fully saturated rings. The number of carbonyl (C=O) groups is 2. The van der Waals surface area contributed by atoms with Gasteiger partial charge in [0.1, 0.15) is 10.6 Å². The Balaban J connectivity index is 1.57. The van der Waals surface area contributed by atoms with Crippen molar-refractivity contribution in [2.75, 3.05) is 19.6 Å². The highest BCUT2D eigenvalue weighted by Crippen LogP contribution is 2.43. The van der Waals surface area contributed by atoms with E-state index < -0.39 is 23.2 Å². The topological polar surface area (TPSA) is 61.9 Å². The number of hydrogen-bond donors (Lipinski definition) is 1. The molecule has 2 amide bonds. The number of thiocarbonyl (C=S) groups is 1. The molecule has 1 unspecified atom stereocenters. The Morgan fingerprint density at radius 3 is 1.88 bits per heavy atom. The van der Waals surface area contributed by atoms with E-state index in [0.717, 1.165) is 52.6 Å². The number of alkyl carbamates (subject to hydrolysis) is 1. The SMILES string of the molecule is CCCC[C@H]1CN(C(=O)c2cccc(C)c2C)CCN1C(=S)C(CC(c1ccccc1)(c1ccccc1)c1ccccc1)NC(=O)OC(C)(C)C. The van der Waals surface area contributed by atoms with Crippen LogP contribution in [0.5, 0.6) is 0 Å². The van der Waals surface area contributed by atoms with Crippen LogP contribution in [0.2, 0.25) is 0 Å². The molecule has 1 N–H and O–H groups in total. The maximum atomic E-state index is 13.9. The van der Waals surface area contributed by atoms with Crippen LogP contribution in [0.4, 0.5) is 4.79 Å². The summed E-state index contributed by atoms with van der Waals surface area (Å²) < 4.78 is 5.87. The van der Waals surface area contributed by atoms with Crippen molar-refractivity contribution in [2.45, 2.75) is 90.3 Å². The molecule has 6 nitrogen and oxygen atoms in total. The van der Waals surface area contributed by atoms with Gasteiger partial charge in [0.2, 0.25) is 0 Å². The number of nitrogens with zero attached hydrogens (tertiary/aromatic N) is 2. The van der Waals surface area contributed by atoms with Crippen molar-refractivity contribution < 1.29 is 14.3 Å². The second-order valence-corrected chi connectivity index (χ2v) is 15.2. The average Bonchev–Trinajstić information content (AvgIpc) is 3.13. The van der Waals surface area contributed by atoms with E-state index in [1.807, 2.05) is 75.9 Å². The quantitative estimate of drug-likeness (QED) is 0.125. The van der Waals surface area contributed by atoms with Gasteiger partial charge in [-0.2, -0.15) is 0 Å². The van der Waals surface area contributed by atoms with E-state index in [9.17, 15) is 9.59 Å². The van der Waals surface area contributed by atoms with E-state index in [1.54, 1.807) is 0 Å². The molecule has 5 rings (SSSR count). The summed E-state index contributed by atoms with van der Waals surface area (Å²) in [5.74, 6) is 0.0583. The molecule has 0 spiro atoms. The van der Waals surface area contributed by atoms with Crippen LogP contribution in [0.3, 0.4) is 0 Å². The third kappa shape index (κ3) is 8.88. The van der Waals surface area contributed by atoms with Gasteiger partial charge >= 0.3 is 6.09 Å². The molecule has 0 saturated carbocycles. The van der Waals surface area contributed by atoms with Crippen LogP contribution in [0.1, 0.15) is 91.6 Å². The molecule has 51 heavy (non-hydrogen) atoms. The molecule has 1 heterocycles. The third-order valence-corrected chi connectivity index (χ3v) is 10.6. The summed E-state index contributed by atoms with van der Waals surface area (Å²) >= 11 is 6.49. The van der Waals surface area contributed by atoms with E-state index in [0.29, 0.717) is 31.0 Å². The number of unbranched alkanes of at least 4 members (excludes halogenated alkanes) is 1. The van der Waals surface area contributed by atoms with Crippen molar-refractivity contribution in [3.8, 4) is 0 Å². The largest absolute Gasteiger partial charge is 0.444 e. The number of hydrogen-bond acceptors (Lipinski definition) is 4. The number of aryl methyl sites for hydroxylation is 1. The maximum Gasteiger partial charge on any atom is 0.408 e. The van der Waals surface area contributed by atoms with Gasteiger partial charge in [-0.05, 0) is 81.3 Å². The zero-order valence-electron chi connectivity index (χ0n) is 31.0. The van der Waals surface area contributed by atoms with E-state index in [4.69, 9.17) is 17.0 Å². The Bertz CT molecular complexity index is 1680. The van der Waals surface area contributed by atoms with Crippen LogP contribution in [-0.4, -0.2) is 64.1 Å². The second kappa shape index (κ2) is 16.7. The molecule has 0 radical (unpaired) electrons. The van der Waals surface area contributed by atoms with Crippen molar-refractivity contribution >= 4 is 29.2 Å². The molecule has 4 aromatic carbocycles. The zero-order valence-corrected chi connectivity index (χ0v) is 31.8. The van der Waals surface area contributed by atoms with Gasteiger partial charge in [0, 0.05) is 36.7 Å². The predicted molar refractivity (Wildman–Crippen MR) is 211 cm³/mol. The molecule has 0 aromatic heterocycles. The maximum absolute atomic E-state index is 13.9.